The first-order valence-corrected chi connectivity index (χ1v) is 9.37. The Hall–Kier alpha value is -2.62. The van der Waals surface area contributed by atoms with E-state index in [1.807, 2.05) is 67.6 Å². The predicted molar refractivity (Wildman–Crippen MR) is 106 cm³/mol. The maximum absolute atomic E-state index is 13.1. The number of rotatable bonds is 8. The molecule has 0 aromatic heterocycles. The van der Waals surface area contributed by atoms with E-state index < -0.39 is 11.8 Å². The summed E-state index contributed by atoms with van der Waals surface area (Å²) < 4.78 is 0. The SMILES string of the molecule is CCCCN(CCC)C(=O)C(=O)N(Cc1ccccc1)c1ccccc1. The Kier molecular flexibility index (Phi) is 7.87. The third-order valence-electron chi connectivity index (χ3n) is 4.24. The van der Waals surface area contributed by atoms with Crippen molar-refractivity contribution in [3.8, 4) is 0 Å². The molecule has 0 unspecified atom stereocenters. The van der Waals surface area contributed by atoms with Crippen molar-refractivity contribution in [2.75, 3.05) is 18.0 Å². The van der Waals surface area contributed by atoms with Crippen LogP contribution in [0.25, 0.3) is 0 Å². The maximum Gasteiger partial charge on any atom is 0.316 e. The Morgan fingerprint density at radius 3 is 1.96 bits per heavy atom. The summed E-state index contributed by atoms with van der Waals surface area (Å²) in [5.74, 6) is -0.885. The minimum absolute atomic E-state index is 0.378. The van der Waals surface area contributed by atoms with Crippen LogP contribution in [-0.4, -0.2) is 29.8 Å². The van der Waals surface area contributed by atoms with E-state index in [-0.39, 0.29) is 0 Å². The molecule has 0 atom stereocenters. The van der Waals surface area contributed by atoms with Gasteiger partial charge in [0.2, 0.25) is 0 Å². The Labute approximate surface area is 156 Å². The quantitative estimate of drug-likeness (QED) is 0.666. The van der Waals surface area contributed by atoms with Crippen molar-refractivity contribution in [3.05, 3.63) is 66.2 Å². The van der Waals surface area contributed by atoms with Gasteiger partial charge in [0, 0.05) is 18.8 Å². The van der Waals surface area contributed by atoms with Gasteiger partial charge in [-0.3, -0.25) is 14.5 Å². The van der Waals surface area contributed by atoms with E-state index in [2.05, 4.69) is 6.92 Å². The van der Waals surface area contributed by atoms with Gasteiger partial charge in [0.25, 0.3) is 0 Å². The maximum atomic E-state index is 13.1. The molecule has 4 nitrogen and oxygen atoms in total. The summed E-state index contributed by atoms with van der Waals surface area (Å²) in [6.45, 7) is 5.72. The number of hydrogen-bond acceptors (Lipinski definition) is 2. The molecule has 0 aliphatic heterocycles. The third-order valence-corrected chi connectivity index (χ3v) is 4.24. The molecule has 4 heteroatoms. The highest BCUT2D eigenvalue weighted by molar-refractivity contribution is 6.40. The minimum atomic E-state index is -0.468. The van der Waals surface area contributed by atoms with Crippen molar-refractivity contribution in [2.45, 2.75) is 39.7 Å². The lowest BCUT2D eigenvalue weighted by Crippen LogP contribution is -2.46. The molecule has 0 spiro atoms. The smallest absolute Gasteiger partial charge is 0.316 e. The number of unbranched alkanes of at least 4 members (excludes halogenated alkanes) is 1. The van der Waals surface area contributed by atoms with Crippen LogP contribution >= 0.6 is 0 Å². The van der Waals surface area contributed by atoms with Gasteiger partial charge >= 0.3 is 11.8 Å². The van der Waals surface area contributed by atoms with Crippen LogP contribution in [0.2, 0.25) is 0 Å². The van der Waals surface area contributed by atoms with Gasteiger partial charge in [0.1, 0.15) is 0 Å². The molecule has 0 saturated carbocycles. The van der Waals surface area contributed by atoms with Crippen molar-refractivity contribution in [1.82, 2.24) is 4.90 Å². The number of hydrogen-bond donors (Lipinski definition) is 0. The monoisotopic (exact) mass is 352 g/mol. The summed E-state index contributed by atoms with van der Waals surface area (Å²) in [7, 11) is 0. The molecule has 0 bridgehead atoms. The number of anilines is 1. The third kappa shape index (κ3) is 5.45. The first kappa shape index (κ1) is 19.7. The second-order valence-electron chi connectivity index (χ2n) is 6.36. The fourth-order valence-corrected chi connectivity index (χ4v) is 2.84. The molecule has 0 aliphatic rings. The van der Waals surface area contributed by atoms with Crippen LogP contribution in [0.5, 0.6) is 0 Å². The van der Waals surface area contributed by atoms with Crippen LogP contribution in [0.4, 0.5) is 5.69 Å². The van der Waals surface area contributed by atoms with Crippen LogP contribution in [0.3, 0.4) is 0 Å². The first-order chi connectivity index (χ1) is 12.7. The molecule has 2 rings (SSSR count). The standard InChI is InChI=1S/C22H28N2O2/c1-3-5-17-23(16-4-2)21(25)22(26)24(20-14-10-7-11-15-20)18-19-12-8-6-9-13-19/h6-15H,3-5,16-18H2,1-2H3. The number of carbonyl (C=O) groups is 2. The molecule has 0 radical (unpaired) electrons. The summed E-state index contributed by atoms with van der Waals surface area (Å²) in [5, 5.41) is 0. The van der Waals surface area contributed by atoms with Crippen molar-refractivity contribution >= 4 is 17.5 Å². The van der Waals surface area contributed by atoms with E-state index in [9.17, 15) is 9.59 Å². The van der Waals surface area contributed by atoms with Gasteiger partial charge in [-0.25, -0.2) is 0 Å². The molecule has 2 aromatic carbocycles. The lowest BCUT2D eigenvalue weighted by atomic mass is 10.2. The normalized spacial score (nSPS) is 10.4. The molecule has 0 fully saturated rings. The van der Waals surface area contributed by atoms with Crippen LogP contribution in [0.15, 0.2) is 60.7 Å². The van der Waals surface area contributed by atoms with Crippen LogP contribution in [-0.2, 0) is 16.1 Å². The predicted octanol–water partition coefficient (Wildman–Crippen LogP) is 4.26. The van der Waals surface area contributed by atoms with Crippen LogP contribution < -0.4 is 4.90 Å². The molecule has 0 heterocycles. The van der Waals surface area contributed by atoms with Crippen molar-refractivity contribution < 1.29 is 9.59 Å². The zero-order chi connectivity index (χ0) is 18.8. The molecule has 0 N–H and O–H groups in total. The number of amides is 2. The Bertz CT molecular complexity index is 686. The fourth-order valence-electron chi connectivity index (χ4n) is 2.84. The van der Waals surface area contributed by atoms with Gasteiger partial charge in [-0.1, -0.05) is 68.8 Å². The molecular formula is C22H28N2O2. The largest absolute Gasteiger partial charge is 0.334 e. The number of para-hydroxylation sites is 1. The van der Waals surface area contributed by atoms with Gasteiger partial charge in [0.05, 0.1) is 6.54 Å². The summed E-state index contributed by atoms with van der Waals surface area (Å²) in [6.07, 6.45) is 2.74. The zero-order valence-electron chi connectivity index (χ0n) is 15.7. The molecule has 26 heavy (non-hydrogen) atoms. The van der Waals surface area contributed by atoms with E-state index >= 15 is 0 Å². The van der Waals surface area contributed by atoms with E-state index in [0.717, 1.165) is 30.5 Å². The topological polar surface area (TPSA) is 40.6 Å². The number of benzene rings is 2. The van der Waals surface area contributed by atoms with Crippen molar-refractivity contribution in [2.24, 2.45) is 0 Å². The fraction of sp³-hybridized carbons (Fsp3) is 0.364. The Morgan fingerprint density at radius 1 is 0.769 bits per heavy atom. The van der Waals surface area contributed by atoms with Crippen molar-refractivity contribution in [1.29, 1.82) is 0 Å². The zero-order valence-corrected chi connectivity index (χ0v) is 15.7. The van der Waals surface area contributed by atoms with Gasteiger partial charge < -0.3 is 4.90 Å². The van der Waals surface area contributed by atoms with Crippen LogP contribution in [0.1, 0.15) is 38.7 Å². The highest BCUT2D eigenvalue weighted by Crippen LogP contribution is 2.18. The van der Waals surface area contributed by atoms with E-state index in [1.165, 1.54) is 0 Å². The first-order valence-electron chi connectivity index (χ1n) is 9.37. The molecule has 0 saturated heterocycles. The average molecular weight is 352 g/mol. The summed E-state index contributed by atoms with van der Waals surface area (Å²) in [6, 6.07) is 19.2. The average Bonchev–Trinajstić information content (AvgIpc) is 2.69. The van der Waals surface area contributed by atoms with Gasteiger partial charge in [-0.15, -0.1) is 0 Å². The molecule has 2 amide bonds. The second kappa shape index (κ2) is 10.4. The second-order valence-corrected chi connectivity index (χ2v) is 6.36. The highest BCUT2D eigenvalue weighted by Gasteiger charge is 2.27. The van der Waals surface area contributed by atoms with Gasteiger partial charge in [-0.05, 0) is 30.5 Å². The highest BCUT2D eigenvalue weighted by atomic mass is 16.2. The summed E-state index contributed by atoms with van der Waals surface area (Å²) in [4.78, 5) is 29.2. The van der Waals surface area contributed by atoms with E-state index in [4.69, 9.17) is 0 Å². The lowest BCUT2D eigenvalue weighted by molar-refractivity contribution is -0.144. The van der Waals surface area contributed by atoms with Crippen molar-refractivity contribution in [3.63, 3.8) is 0 Å². The molecule has 2 aromatic rings. The van der Waals surface area contributed by atoms with Gasteiger partial charge in [-0.2, -0.15) is 0 Å². The lowest BCUT2D eigenvalue weighted by Gasteiger charge is -2.27. The Morgan fingerprint density at radius 2 is 1.38 bits per heavy atom. The summed E-state index contributed by atoms with van der Waals surface area (Å²) in [5.41, 5.74) is 1.73. The molecule has 0 aliphatic carbocycles. The number of nitrogens with zero attached hydrogens (tertiary/aromatic N) is 2. The van der Waals surface area contributed by atoms with E-state index in [0.29, 0.717) is 19.6 Å². The van der Waals surface area contributed by atoms with E-state index in [1.54, 1.807) is 9.80 Å². The number of carbonyl (C=O) groups excluding carboxylic acids is 2. The minimum Gasteiger partial charge on any atom is -0.334 e. The molecule has 138 valence electrons. The van der Waals surface area contributed by atoms with Crippen LogP contribution in [0, 0.1) is 0 Å². The summed E-state index contributed by atoms with van der Waals surface area (Å²) >= 11 is 0. The van der Waals surface area contributed by atoms with Gasteiger partial charge in [0.15, 0.2) is 0 Å². The Balaban J connectivity index is 2.25. The molecular weight excluding hydrogens is 324 g/mol.